The number of nitrogens with one attached hydrogen (secondary N) is 2. The monoisotopic (exact) mass is 427 g/mol. The molecule has 0 fully saturated rings. The molecule has 0 spiro atoms. The molecule has 4 rings (SSSR count). The third-order valence-corrected chi connectivity index (χ3v) is 5.38. The molecule has 0 saturated heterocycles. The number of fused-ring (bicyclic) bond motifs is 1. The molecule has 32 heavy (non-hydrogen) atoms. The normalized spacial score (nSPS) is 15.5. The van der Waals surface area contributed by atoms with Gasteiger partial charge in [0.05, 0.1) is 17.9 Å². The van der Waals surface area contributed by atoms with Crippen molar-refractivity contribution in [2.24, 2.45) is 4.99 Å². The number of hydrogen-bond acceptors (Lipinski definition) is 4. The highest BCUT2D eigenvalue weighted by Gasteiger charge is 2.32. The first-order valence-corrected chi connectivity index (χ1v) is 10.4. The minimum absolute atomic E-state index is 0.281. The lowest BCUT2D eigenvalue weighted by atomic mass is 10.1. The van der Waals surface area contributed by atoms with E-state index in [1.807, 2.05) is 75.4 Å². The molecule has 3 amide bonds. The molecular formula is C25H25N5O2. The first kappa shape index (κ1) is 21.2. The molecule has 162 valence electrons. The summed E-state index contributed by atoms with van der Waals surface area (Å²) in [4.78, 5) is 36.9. The number of para-hydroxylation sites is 1. The van der Waals surface area contributed by atoms with Gasteiger partial charge < -0.3 is 15.5 Å². The molecule has 2 aromatic carbocycles. The average molecular weight is 428 g/mol. The molecular weight excluding hydrogens is 402 g/mol. The third-order valence-electron chi connectivity index (χ3n) is 5.38. The Kier molecular flexibility index (Phi) is 5.98. The molecule has 2 heterocycles. The van der Waals surface area contributed by atoms with E-state index >= 15 is 0 Å². The van der Waals surface area contributed by atoms with Gasteiger partial charge in [-0.25, -0.2) is 4.79 Å². The van der Waals surface area contributed by atoms with Crippen LogP contribution in [-0.4, -0.2) is 28.8 Å². The number of urea groups is 1. The summed E-state index contributed by atoms with van der Waals surface area (Å²) in [5.41, 5.74) is 5.71. The van der Waals surface area contributed by atoms with Gasteiger partial charge in [-0.15, -0.1) is 0 Å². The van der Waals surface area contributed by atoms with E-state index in [9.17, 15) is 9.59 Å². The van der Waals surface area contributed by atoms with Crippen molar-refractivity contribution in [1.29, 1.82) is 0 Å². The van der Waals surface area contributed by atoms with E-state index in [0.29, 0.717) is 11.4 Å². The average Bonchev–Trinajstić information content (AvgIpc) is 2.86. The molecule has 1 unspecified atom stereocenters. The highest BCUT2D eigenvalue weighted by Crippen LogP contribution is 2.27. The fraction of sp³-hybridized carbons (Fsp3) is 0.200. The van der Waals surface area contributed by atoms with Crippen LogP contribution >= 0.6 is 0 Å². The van der Waals surface area contributed by atoms with Crippen molar-refractivity contribution in [3.63, 3.8) is 0 Å². The van der Waals surface area contributed by atoms with Crippen molar-refractivity contribution in [3.8, 4) is 0 Å². The van der Waals surface area contributed by atoms with Gasteiger partial charge in [0.15, 0.2) is 0 Å². The summed E-state index contributed by atoms with van der Waals surface area (Å²) in [5, 5.41) is 5.50. The first-order chi connectivity index (χ1) is 15.4. The maximum atomic E-state index is 13.6. The highest BCUT2D eigenvalue weighted by molar-refractivity contribution is 6.12. The number of amides is 3. The molecule has 1 atom stereocenters. The first-order valence-electron chi connectivity index (χ1n) is 10.4. The Morgan fingerprint density at radius 2 is 1.84 bits per heavy atom. The Bertz CT molecular complexity index is 1200. The molecule has 7 heteroatoms. The molecule has 0 aliphatic carbocycles. The van der Waals surface area contributed by atoms with Gasteiger partial charge in [0.25, 0.3) is 5.91 Å². The lowest BCUT2D eigenvalue weighted by Crippen LogP contribution is -2.48. The Balaban J connectivity index is 1.63. The van der Waals surface area contributed by atoms with E-state index in [1.165, 1.54) is 0 Å². The molecule has 2 N–H and O–H groups in total. The standard InChI is InChI=1S/C25H25N5O2/c1-16-8-6-10-19(14-16)28-25(32)29-23-24(31)30(15-21-17(2)9-7-13-26-21)22-12-5-4-11-20(22)18(3)27-23/h4-14,23H,15H2,1-3H3,(H2,28,29,32). The van der Waals surface area contributed by atoms with Gasteiger partial charge in [-0.05, 0) is 56.2 Å². The number of pyridine rings is 1. The second-order valence-corrected chi connectivity index (χ2v) is 7.79. The molecule has 1 aliphatic rings. The maximum absolute atomic E-state index is 13.6. The van der Waals surface area contributed by atoms with Crippen LogP contribution in [0.25, 0.3) is 0 Å². The second-order valence-electron chi connectivity index (χ2n) is 7.79. The summed E-state index contributed by atoms with van der Waals surface area (Å²) in [5.74, 6) is -0.321. The summed E-state index contributed by atoms with van der Waals surface area (Å²) in [6, 6.07) is 18.4. The van der Waals surface area contributed by atoms with Crippen LogP contribution in [0.15, 0.2) is 71.9 Å². The predicted molar refractivity (Wildman–Crippen MR) is 126 cm³/mol. The van der Waals surface area contributed by atoms with Crippen LogP contribution in [-0.2, 0) is 11.3 Å². The molecule has 0 saturated carbocycles. The topological polar surface area (TPSA) is 86.7 Å². The fourth-order valence-electron chi connectivity index (χ4n) is 3.70. The molecule has 1 aliphatic heterocycles. The third kappa shape index (κ3) is 4.51. The summed E-state index contributed by atoms with van der Waals surface area (Å²) in [6.45, 7) is 6.03. The zero-order valence-electron chi connectivity index (χ0n) is 18.3. The van der Waals surface area contributed by atoms with Crippen molar-refractivity contribution >= 4 is 29.0 Å². The van der Waals surface area contributed by atoms with Gasteiger partial charge in [-0.3, -0.25) is 14.8 Å². The summed E-state index contributed by atoms with van der Waals surface area (Å²) < 4.78 is 0. The van der Waals surface area contributed by atoms with Crippen LogP contribution in [0.2, 0.25) is 0 Å². The smallest absolute Gasteiger partial charge is 0.308 e. The van der Waals surface area contributed by atoms with E-state index in [4.69, 9.17) is 0 Å². The Morgan fingerprint density at radius 3 is 2.62 bits per heavy atom. The van der Waals surface area contributed by atoms with Gasteiger partial charge in [0.1, 0.15) is 0 Å². The van der Waals surface area contributed by atoms with E-state index in [1.54, 1.807) is 17.2 Å². The van der Waals surface area contributed by atoms with Crippen LogP contribution in [0.5, 0.6) is 0 Å². The molecule has 0 radical (unpaired) electrons. The van der Waals surface area contributed by atoms with Crippen LogP contribution in [0.1, 0.15) is 29.3 Å². The largest absolute Gasteiger partial charge is 0.321 e. The number of anilines is 2. The van der Waals surface area contributed by atoms with Gasteiger partial charge >= 0.3 is 6.03 Å². The number of aryl methyl sites for hydroxylation is 2. The Morgan fingerprint density at radius 1 is 1.03 bits per heavy atom. The second kappa shape index (κ2) is 9.01. The minimum atomic E-state index is -1.06. The zero-order chi connectivity index (χ0) is 22.7. The van der Waals surface area contributed by atoms with E-state index < -0.39 is 12.2 Å². The quantitative estimate of drug-likeness (QED) is 0.654. The van der Waals surface area contributed by atoms with Crippen LogP contribution < -0.4 is 15.5 Å². The Hall–Kier alpha value is -4.00. The minimum Gasteiger partial charge on any atom is -0.308 e. The van der Waals surface area contributed by atoms with Crippen molar-refractivity contribution in [3.05, 3.63) is 89.2 Å². The van der Waals surface area contributed by atoms with Gasteiger partial charge in [-0.2, -0.15) is 0 Å². The maximum Gasteiger partial charge on any atom is 0.321 e. The fourth-order valence-corrected chi connectivity index (χ4v) is 3.70. The predicted octanol–water partition coefficient (Wildman–Crippen LogP) is 4.20. The van der Waals surface area contributed by atoms with Crippen LogP contribution in [0, 0.1) is 13.8 Å². The molecule has 0 bridgehead atoms. The Labute approximate surface area is 187 Å². The highest BCUT2D eigenvalue weighted by atomic mass is 16.2. The summed E-state index contributed by atoms with van der Waals surface area (Å²) >= 11 is 0. The number of nitrogens with zero attached hydrogens (tertiary/aromatic N) is 3. The molecule has 3 aromatic rings. The molecule has 1 aromatic heterocycles. The van der Waals surface area contributed by atoms with Crippen LogP contribution in [0.4, 0.5) is 16.2 Å². The zero-order valence-corrected chi connectivity index (χ0v) is 18.3. The molecule has 7 nitrogen and oxygen atoms in total. The number of rotatable bonds is 4. The summed E-state index contributed by atoms with van der Waals surface area (Å²) in [6.07, 6.45) is 0.653. The number of carbonyl (C=O) groups is 2. The lowest BCUT2D eigenvalue weighted by molar-refractivity contribution is -0.120. The number of hydrogen-bond donors (Lipinski definition) is 2. The number of carbonyl (C=O) groups excluding carboxylic acids is 2. The van der Waals surface area contributed by atoms with Crippen molar-refractivity contribution in [2.45, 2.75) is 33.5 Å². The number of benzodiazepines with no additional fused rings is 1. The van der Waals surface area contributed by atoms with Crippen LogP contribution in [0.3, 0.4) is 0 Å². The summed E-state index contributed by atoms with van der Waals surface area (Å²) in [7, 11) is 0. The number of aliphatic imine (C=N–C) groups is 1. The number of benzene rings is 2. The number of aromatic nitrogens is 1. The van der Waals surface area contributed by atoms with E-state index in [0.717, 1.165) is 28.1 Å². The lowest BCUT2D eigenvalue weighted by Gasteiger charge is -2.25. The SMILES string of the molecule is CC1=NC(NC(=O)Nc2cccc(C)c2)C(=O)N(Cc2ncccc2C)c2ccccc21. The van der Waals surface area contributed by atoms with Crippen molar-refractivity contribution < 1.29 is 9.59 Å². The van der Waals surface area contributed by atoms with Gasteiger partial charge in [0.2, 0.25) is 6.17 Å². The van der Waals surface area contributed by atoms with Gasteiger partial charge in [-0.1, -0.05) is 36.4 Å². The van der Waals surface area contributed by atoms with E-state index in [2.05, 4.69) is 20.6 Å². The van der Waals surface area contributed by atoms with Crippen molar-refractivity contribution in [1.82, 2.24) is 10.3 Å². The van der Waals surface area contributed by atoms with E-state index in [-0.39, 0.29) is 12.5 Å². The van der Waals surface area contributed by atoms with Crippen molar-refractivity contribution in [2.75, 3.05) is 10.2 Å². The van der Waals surface area contributed by atoms with Gasteiger partial charge in [0, 0.05) is 23.2 Å².